The van der Waals surface area contributed by atoms with Crippen LogP contribution in [0.4, 0.5) is 0 Å². The van der Waals surface area contributed by atoms with Gasteiger partial charge in [-0.15, -0.1) is 0 Å². The first-order valence-electron chi connectivity index (χ1n) is 7.43. The lowest BCUT2D eigenvalue weighted by atomic mass is 10.2. The number of nitrogens with two attached hydrogens (primary N) is 1. The fourth-order valence-electron chi connectivity index (χ4n) is 2.09. The quantitative estimate of drug-likeness (QED) is 0.810. The van der Waals surface area contributed by atoms with Crippen LogP contribution in [0.25, 0.3) is 0 Å². The van der Waals surface area contributed by atoms with Gasteiger partial charge in [0.25, 0.3) is 5.91 Å². The Hall–Kier alpha value is -2.82. The standard InChI is InChI=1S/C18H20N2O3/c19-17(21)11-12-20(13-15-7-3-1-4-8-15)18(22)14-23-16-9-5-2-6-10-16/h1-10H,11-14H2,(H2,19,21). The largest absolute Gasteiger partial charge is 0.484 e. The van der Waals surface area contributed by atoms with Crippen LogP contribution in [-0.2, 0) is 16.1 Å². The molecule has 5 nitrogen and oxygen atoms in total. The number of ether oxygens (including phenoxy) is 1. The third-order valence-electron chi connectivity index (χ3n) is 3.30. The van der Waals surface area contributed by atoms with Crippen molar-refractivity contribution in [1.82, 2.24) is 4.90 Å². The van der Waals surface area contributed by atoms with Gasteiger partial charge in [0.1, 0.15) is 5.75 Å². The van der Waals surface area contributed by atoms with Gasteiger partial charge in [-0.1, -0.05) is 48.5 Å². The molecule has 0 atom stereocenters. The van der Waals surface area contributed by atoms with E-state index in [1.165, 1.54) is 0 Å². The summed E-state index contributed by atoms with van der Waals surface area (Å²) in [6, 6.07) is 18.7. The summed E-state index contributed by atoms with van der Waals surface area (Å²) in [6.45, 7) is 0.627. The summed E-state index contributed by atoms with van der Waals surface area (Å²) in [5.74, 6) is 0.0224. The van der Waals surface area contributed by atoms with Crippen molar-refractivity contribution in [3.8, 4) is 5.75 Å². The van der Waals surface area contributed by atoms with Crippen LogP contribution in [0, 0.1) is 0 Å². The number of primary amides is 1. The number of carbonyl (C=O) groups excluding carboxylic acids is 2. The number of benzene rings is 2. The Morgan fingerprint density at radius 1 is 0.957 bits per heavy atom. The lowest BCUT2D eigenvalue weighted by molar-refractivity contribution is -0.134. The van der Waals surface area contributed by atoms with Crippen LogP contribution < -0.4 is 10.5 Å². The van der Waals surface area contributed by atoms with E-state index in [-0.39, 0.29) is 25.5 Å². The van der Waals surface area contributed by atoms with Gasteiger partial charge in [-0.3, -0.25) is 9.59 Å². The van der Waals surface area contributed by atoms with Crippen molar-refractivity contribution in [3.05, 3.63) is 66.2 Å². The zero-order chi connectivity index (χ0) is 16.5. The van der Waals surface area contributed by atoms with Gasteiger partial charge in [0.2, 0.25) is 5.91 Å². The highest BCUT2D eigenvalue weighted by atomic mass is 16.5. The first kappa shape index (κ1) is 16.5. The molecule has 5 heteroatoms. The van der Waals surface area contributed by atoms with Gasteiger partial charge >= 0.3 is 0 Å². The maximum atomic E-state index is 12.4. The summed E-state index contributed by atoms with van der Waals surface area (Å²) >= 11 is 0. The first-order chi connectivity index (χ1) is 11.1. The van der Waals surface area contributed by atoms with E-state index in [1.54, 1.807) is 17.0 Å². The molecule has 0 saturated heterocycles. The van der Waals surface area contributed by atoms with E-state index in [4.69, 9.17) is 10.5 Å². The average molecular weight is 312 g/mol. The monoisotopic (exact) mass is 312 g/mol. The van der Waals surface area contributed by atoms with E-state index < -0.39 is 5.91 Å². The molecule has 120 valence electrons. The van der Waals surface area contributed by atoms with Gasteiger partial charge in [0.15, 0.2) is 6.61 Å². The maximum Gasteiger partial charge on any atom is 0.260 e. The second kappa shape index (κ2) is 8.58. The van der Waals surface area contributed by atoms with Crippen molar-refractivity contribution >= 4 is 11.8 Å². The maximum absolute atomic E-state index is 12.4. The van der Waals surface area contributed by atoms with Crippen molar-refractivity contribution in [1.29, 1.82) is 0 Å². The minimum atomic E-state index is -0.431. The highest BCUT2D eigenvalue weighted by Crippen LogP contribution is 2.10. The van der Waals surface area contributed by atoms with E-state index >= 15 is 0 Å². The summed E-state index contributed by atoms with van der Waals surface area (Å²) in [5.41, 5.74) is 6.18. The Kier molecular flexibility index (Phi) is 6.17. The van der Waals surface area contributed by atoms with E-state index in [1.807, 2.05) is 48.5 Å². The molecule has 0 aliphatic heterocycles. The van der Waals surface area contributed by atoms with Gasteiger partial charge in [-0.25, -0.2) is 0 Å². The Balaban J connectivity index is 1.97. The highest BCUT2D eigenvalue weighted by molar-refractivity contribution is 5.79. The molecule has 2 amide bonds. The predicted octanol–water partition coefficient (Wildman–Crippen LogP) is 1.97. The second-order valence-corrected chi connectivity index (χ2v) is 5.12. The molecule has 0 radical (unpaired) electrons. The molecule has 0 aliphatic rings. The van der Waals surface area contributed by atoms with E-state index in [0.717, 1.165) is 5.56 Å². The smallest absolute Gasteiger partial charge is 0.260 e. The lowest BCUT2D eigenvalue weighted by Gasteiger charge is -2.22. The van der Waals surface area contributed by atoms with Crippen molar-refractivity contribution in [3.63, 3.8) is 0 Å². The molecule has 2 rings (SSSR count). The van der Waals surface area contributed by atoms with Crippen LogP contribution in [0.15, 0.2) is 60.7 Å². The Morgan fingerprint density at radius 3 is 2.17 bits per heavy atom. The van der Waals surface area contributed by atoms with Gasteiger partial charge in [-0.2, -0.15) is 0 Å². The molecule has 23 heavy (non-hydrogen) atoms. The van der Waals surface area contributed by atoms with Gasteiger partial charge in [0, 0.05) is 19.5 Å². The van der Waals surface area contributed by atoms with Crippen molar-refractivity contribution < 1.29 is 14.3 Å². The molecule has 0 unspecified atom stereocenters. The summed E-state index contributed by atoms with van der Waals surface area (Å²) < 4.78 is 5.49. The predicted molar refractivity (Wildman–Crippen MR) is 87.6 cm³/mol. The fourth-order valence-corrected chi connectivity index (χ4v) is 2.09. The number of nitrogens with zero attached hydrogens (tertiary/aromatic N) is 1. The molecule has 2 aromatic carbocycles. The SMILES string of the molecule is NC(=O)CCN(Cc1ccccc1)C(=O)COc1ccccc1. The van der Waals surface area contributed by atoms with Crippen LogP contribution >= 0.6 is 0 Å². The number of para-hydroxylation sites is 1. The normalized spacial score (nSPS) is 10.1. The Morgan fingerprint density at radius 2 is 1.57 bits per heavy atom. The molecule has 0 bridgehead atoms. The molecule has 2 N–H and O–H groups in total. The van der Waals surface area contributed by atoms with Crippen LogP contribution in [-0.4, -0.2) is 29.9 Å². The summed E-state index contributed by atoms with van der Waals surface area (Å²) in [6.07, 6.45) is 0.129. The summed E-state index contributed by atoms with van der Waals surface area (Å²) in [7, 11) is 0. The van der Waals surface area contributed by atoms with Crippen LogP contribution in [0.2, 0.25) is 0 Å². The third kappa shape index (κ3) is 5.82. The Bertz CT molecular complexity index is 629. The number of rotatable bonds is 8. The molecule has 0 saturated carbocycles. The number of hydrogen-bond donors (Lipinski definition) is 1. The third-order valence-corrected chi connectivity index (χ3v) is 3.30. The van der Waals surface area contributed by atoms with Crippen LogP contribution in [0.1, 0.15) is 12.0 Å². The van der Waals surface area contributed by atoms with Gasteiger partial charge in [0.05, 0.1) is 0 Å². The summed E-state index contributed by atoms with van der Waals surface area (Å²) in [5, 5.41) is 0. The average Bonchev–Trinajstić information content (AvgIpc) is 2.58. The zero-order valence-electron chi connectivity index (χ0n) is 12.9. The van der Waals surface area contributed by atoms with Crippen molar-refractivity contribution in [2.45, 2.75) is 13.0 Å². The second-order valence-electron chi connectivity index (χ2n) is 5.12. The summed E-state index contributed by atoms with van der Waals surface area (Å²) in [4.78, 5) is 25.0. The van der Waals surface area contributed by atoms with Crippen LogP contribution in [0.5, 0.6) is 5.75 Å². The minimum absolute atomic E-state index is 0.0738. The lowest BCUT2D eigenvalue weighted by Crippen LogP contribution is -2.36. The topological polar surface area (TPSA) is 72.6 Å². The fraction of sp³-hybridized carbons (Fsp3) is 0.222. The van der Waals surface area contributed by atoms with Crippen molar-refractivity contribution in [2.75, 3.05) is 13.2 Å². The van der Waals surface area contributed by atoms with Crippen molar-refractivity contribution in [2.24, 2.45) is 5.73 Å². The molecule has 0 fully saturated rings. The number of amides is 2. The minimum Gasteiger partial charge on any atom is -0.484 e. The molecule has 0 aromatic heterocycles. The molecule has 2 aromatic rings. The number of carbonyl (C=O) groups is 2. The van der Waals surface area contributed by atoms with Gasteiger partial charge < -0.3 is 15.4 Å². The van der Waals surface area contributed by atoms with E-state index in [9.17, 15) is 9.59 Å². The van der Waals surface area contributed by atoms with E-state index in [2.05, 4.69) is 0 Å². The van der Waals surface area contributed by atoms with Gasteiger partial charge in [-0.05, 0) is 17.7 Å². The molecular formula is C18H20N2O3. The zero-order valence-corrected chi connectivity index (χ0v) is 12.9. The molecule has 0 spiro atoms. The Labute approximate surface area is 135 Å². The first-order valence-corrected chi connectivity index (χ1v) is 7.43. The molecule has 0 aliphatic carbocycles. The van der Waals surface area contributed by atoms with E-state index in [0.29, 0.717) is 12.3 Å². The number of hydrogen-bond acceptors (Lipinski definition) is 3. The highest BCUT2D eigenvalue weighted by Gasteiger charge is 2.15. The molecular weight excluding hydrogens is 292 g/mol. The van der Waals surface area contributed by atoms with Crippen LogP contribution in [0.3, 0.4) is 0 Å². The molecule has 0 heterocycles.